The molecule has 1 N–H and O–H groups in total. The summed E-state index contributed by atoms with van der Waals surface area (Å²) in [7, 11) is 1.58. The Labute approximate surface area is 130 Å². The Kier molecular flexibility index (Phi) is 4.97. The van der Waals surface area contributed by atoms with E-state index in [1.54, 1.807) is 7.11 Å². The Balaban J connectivity index is 2.10. The molecular formula is C16H24BrNO2. The Bertz CT molecular complexity index is 472. The number of nitrogens with zero attached hydrogens (tertiary/aromatic N) is 1. The number of methoxy groups -OCH3 is 1. The zero-order valence-electron chi connectivity index (χ0n) is 12.6. The van der Waals surface area contributed by atoms with Crippen LogP contribution in [0.3, 0.4) is 0 Å². The molecule has 2 rings (SSSR count). The third kappa shape index (κ3) is 3.12. The second kappa shape index (κ2) is 6.35. The minimum atomic E-state index is 0.175. The van der Waals surface area contributed by atoms with E-state index in [2.05, 4.69) is 34.7 Å². The molecule has 1 aliphatic rings. The number of likely N-dealkylation sites (tertiary alicyclic amines) is 1. The molecule has 1 aromatic carbocycles. The number of phenols is 1. The number of hydrogen-bond acceptors (Lipinski definition) is 3. The van der Waals surface area contributed by atoms with Crippen molar-refractivity contribution in [3.63, 3.8) is 0 Å². The van der Waals surface area contributed by atoms with Gasteiger partial charge in [-0.1, -0.05) is 13.8 Å². The van der Waals surface area contributed by atoms with Gasteiger partial charge in [0, 0.05) is 13.1 Å². The Morgan fingerprint density at radius 2 is 2.05 bits per heavy atom. The fourth-order valence-electron chi connectivity index (χ4n) is 3.12. The van der Waals surface area contributed by atoms with Crippen LogP contribution in [0.2, 0.25) is 0 Å². The van der Waals surface area contributed by atoms with Gasteiger partial charge >= 0.3 is 0 Å². The van der Waals surface area contributed by atoms with E-state index in [4.69, 9.17) is 4.74 Å². The minimum absolute atomic E-state index is 0.175. The number of hydrogen-bond donors (Lipinski definition) is 1. The minimum Gasteiger partial charge on any atom is -0.503 e. The van der Waals surface area contributed by atoms with Gasteiger partial charge in [0.25, 0.3) is 0 Å². The van der Waals surface area contributed by atoms with Gasteiger partial charge in [-0.25, -0.2) is 0 Å². The van der Waals surface area contributed by atoms with Crippen LogP contribution in [-0.2, 0) is 6.54 Å². The monoisotopic (exact) mass is 341 g/mol. The van der Waals surface area contributed by atoms with Crippen LogP contribution in [0.15, 0.2) is 16.6 Å². The van der Waals surface area contributed by atoms with Crippen molar-refractivity contribution in [2.24, 2.45) is 5.41 Å². The van der Waals surface area contributed by atoms with Crippen LogP contribution in [0, 0.1) is 5.41 Å². The molecule has 0 amide bonds. The quantitative estimate of drug-likeness (QED) is 0.872. The van der Waals surface area contributed by atoms with Gasteiger partial charge in [0.15, 0.2) is 11.5 Å². The summed E-state index contributed by atoms with van der Waals surface area (Å²) in [5.41, 5.74) is 1.67. The topological polar surface area (TPSA) is 32.7 Å². The standard InChI is InChI=1S/C16H24BrNO2/c1-4-16(5-2)6-7-18(11-16)10-12-8-13(17)15(19)14(9-12)20-3/h8-9,19H,4-7,10-11H2,1-3H3. The molecule has 0 aromatic heterocycles. The van der Waals surface area contributed by atoms with E-state index in [9.17, 15) is 5.11 Å². The van der Waals surface area contributed by atoms with E-state index >= 15 is 0 Å². The zero-order valence-corrected chi connectivity index (χ0v) is 14.2. The van der Waals surface area contributed by atoms with Crippen molar-refractivity contribution in [3.8, 4) is 11.5 Å². The van der Waals surface area contributed by atoms with Gasteiger partial charge < -0.3 is 9.84 Å². The van der Waals surface area contributed by atoms with Gasteiger partial charge in [0.05, 0.1) is 11.6 Å². The summed E-state index contributed by atoms with van der Waals surface area (Å²) in [5, 5.41) is 9.86. The van der Waals surface area contributed by atoms with Gasteiger partial charge in [-0.2, -0.15) is 0 Å². The number of ether oxygens (including phenoxy) is 1. The SMILES string of the molecule is CCC1(CC)CCN(Cc2cc(Br)c(O)c(OC)c2)C1. The van der Waals surface area contributed by atoms with E-state index in [0.717, 1.165) is 13.1 Å². The van der Waals surface area contributed by atoms with Crippen molar-refractivity contribution in [1.82, 2.24) is 4.90 Å². The van der Waals surface area contributed by atoms with Crippen LogP contribution in [-0.4, -0.2) is 30.2 Å². The summed E-state index contributed by atoms with van der Waals surface area (Å²) >= 11 is 3.39. The van der Waals surface area contributed by atoms with Crippen molar-refractivity contribution in [1.29, 1.82) is 0 Å². The molecule has 1 fully saturated rings. The molecule has 0 aliphatic carbocycles. The summed E-state index contributed by atoms with van der Waals surface area (Å²) in [6.07, 6.45) is 3.79. The average molecular weight is 342 g/mol. The highest BCUT2D eigenvalue weighted by molar-refractivity contribution is 9.10. The van der Waals surface area contributed by atoms with Crippen molar-refractivity contribution in [3.05, 3.63) is 22.2 Å². The largest absolute Gasteiger partial charge is 0.503 e. The number of aromatic hydroxyl groups is 1. The maximum atomic E-state index is 9.86. The number of halogens is 1. The molecule has 4 heteroatoms. The lowest BCUT2D eigenvalue weighted by atomic mass is 9.82. The highest BCUT2D eigenvalue weighted by atomic mass is 79.9. The third-order valence-corrected chi connectivity index (χ3v) is 5.34. The van der Waals surface area contributed by atoms with Gasteiger partial charge in [-0.05, 0) is 64.8 Å². The van der Waals surface area contributed by atoms with Crippen molar-refractivity contribution in [2.45, 2.75) is 39.7 Å². The summed E-state index contributed by atoms with van der Waals surface area (Å²) < 4.78 is 5.91. The van der Waals surface area contributed by atoms with Crippen LogP contribution >= 0.6 is 15.9 Å². The van der Waals surface area contributed by atoms with Gasteiger partial charge in [-0.15, -0.1) is 0 Å². The van der Waals surface area contributed by atoms with Crippen LogP contribution in [0.5, 0.6) is 11.5 Å². The lowest BCUT2D eigenvalue weighted by molar-refractivity contribution is 0.236. The van der Waals surface area contributed by atoms with Gasteiger partial charge in [0.2, 0.25) is 0 Å². The number of benzene rings is 1. The fraction of sp³-hybridized carbons (Fsp3) is 0.625. The van der Waals surface area contributed by atoms with Crippen molar-refractivity contribution < 1.29 is 9.84 Å². The van der Waals surface area contributed by atoms with Crippen molar-refractivity contribution >= 4 is 15.9 Å². The predicted molar refractivity (Wildman–Crippen MR) is 85.3 cm³/mol. The second-order valence-corrected chi connectivity index (χ2v) is 6.65. The van der Waals surface area contributed by atoms with E-state index in [1.165, 1.54) is 31.4 Å². The molecule has 0 radical (unpaired) electrons. The first kappa shape index (κ1) is 15.6. The fourth-order valence-corrected chi connectivity index (χ4v) is 3.61. The van der Waals surface area contributed by atoms with E-state index in [1.807, 2.05) is 12.1 Å². The van der Waals surface area contributed by atoms with Crippen LogP contribution in [0.25, 0.3) is 0 Å². The Hall–Kier alpha value is -0.740. The number of phenolic OH excluding ortho intramolecular Hbond substituents is 1. The van der Waals surface area contributed by atoms with Gasteiger partial charge in [0.1, 0.15) is 0 Å². The summed E-state index contributed by atoms with van der Waals surface area (Å²) in [6, 6.07) is 3.91. The maximum Gasteiger partial charge on any atom is 0.172 e. The first-order valence-electron chi connectivity index (χ1n) is 7.31. The zero-order chi connectivity index (χ0) is 14.8. The highest BCUT2D eigenvalue weighted by Crippen LogP contribution is 2.39. The van der Waals surface area contributed by atoms with Gasteiger partial charge in [-0.3, -0.25) is 4.90 Å². The Morgan fingerprint density at radius 1 is 1.35 bits per heavy atom. The first-order chi connectivity index (χ1) is 9.53. The van der Waals surface area contributed by atoms with E-state index in [-0.39, 0.29) is 5.75 Å². The lowest BCUT2D eigenvalue weighted by Crippen LogP contribution is -2.26. The smallest absolute Gasteiger partial charge is 0.172 e. The summed E-state index contributed by atoms with van der Waals surface area (Å²) in [6.45, 7) is 7.83. The molecule has 1 heterocycles. The van der Waals surface area contributed by atoms with E-state index < -0.39 is 0 Å². The molecule has 1 saturated heterocycles. The average Bonchev–Trinajstić information content (AvgIpc) is 2.86. The predicted octanol–water partition coefficient (Wildman–Crippen LogP) is 4.18. The first-order valence-corrected chi connectivity index (χ1v) is 8.10. The molecule has 0 unspecified atom stereocenters. The normalized spacial score (nSPS) is 18.4. The molecule has 112 valence electrons. The molecule has 0 atom stereocenters. The molecule has 3 nitrogen and oxygen atoms in total. The number of rotatable bonds is 5. The van der Waals surface area contributed by atoms with Crippen molar-refractivity contribution in [2.75, 3.05) is 20.2 Å². The lowest BCUT2D eigenvalue weighted by Gasteiger charge is -2.26. The summed E-state index contributed by atoms with van der Waals surface area (Å²) in [4.78, 5) is 2.51. The van der Waals surface area contributed by atoms with E-state index in [0.29, 0.717) is 15.6 Å². The molecule has 0 spiro atoms. The molecule has 0 saturated carbocycles. The van der Waals surface area contributed by atoms with Crippen LogP contribution in [0.1, 0.15) is 38.7 Å². The molecule has 20 heavy (non-hydrogen) atoms. The molecular weight excluding hydrogens is 318 g/mol. The summed E-state index contributed by atoms with van der Waals surface area (Å²) in [5.74, 6) is 0.708. The van der Waals surface area contributed by atoms with Crippen LogP contribution in [0.4, 0.5) is 0 Å². The molecule has 1 aromatic rings. The Morgan fingerprint density at radius 3 is 2.60 bits per heavy atom. The highest BCUT2D eigenvalue weighted by Gasteiger charge is 2.34. The third-order valence-electron chi connectivity index (χ3n) is 4.73. The molecule has 0 bridgehead atoms. The molecule has 1 aliphatic heterocycles. The second-order valence-electron chi connectivity index (χ2n) is 5.80. The van der Waals surface area contributed by atoms with Crippen LogP contribution < -0.4 is 4.74 Å². The maximum absolute atomic E-state index is 9.86.